The molecular formula is C12H13F3N4. The van der Waals surface area contributed by atoms with Crippen molar-refractivity contribution in [1.82, 2.24) is 19.9 Å². The summed E-state index contributed by atoms with van der Waals surface area (Å²) >= 11 is 0. The van der Waals surface area contributed by atoms with Crippen molar-refractivity contribution in [2.75, 3.05) is 13.1 Å². The molecule has 1 aliphatic heterocycles. The molecule has 1 fully saturated rings. The maximum atomic E-state index is 13.5. The number of pyridine rings is 1. The van der Waals surface area contributed by atoms with Crippen molar-refractivity contribution in [3.8, 4) is 0 Å². The van der Waals surface area contributed by atoms with Crippen LogP contribution in [0.25, 0.3) is 11.0 Å². The van der Waals surface area contributed by atoms with E-state index < -0.39 is 11.6 Å². The maximum Gasteiger partial charge on any atom is 0.402 e. The molecule has 102 valence electrons. The molecule has 3 rings (SSSR count). The Morgan fingerprint density at radius 1 is 1.42 bits per heavy atom. The molecule has 2 aromatic rings. The fraction of sp³-hybridized carbons (Fsp3) is 0.500. The van der Waals surface area contributed by atoms with Crippen LogP contribution < -0.4 is 5.32 Å². The first-order valence-electron chi connectivity index (χ1n) is 6.00. The van der Waals surface area contributed by atoms with E-state index in [1.165, 1.54) is 10.8 Å². The summed E-state index contributed by atoms with van der Waals surface area (Å²) in [6, 6.07) is 1.68. The number of rotatable bonds is 1. The van der Waals surface area contributed by atoms with Crippen LogP contribution in [0, 0.1) is 0 Å². The van der Waals surface area contributed by atoms with Crippen LogP contribution >= 0.6 is 0 Å². The second kappa shape index (κ2) is 3.93. The Morgan fingerprint density at radius 2 is 2.21 bits per heavy atom. The number of alkyl halides is 3. The summed E-state index contributed by atoms with van der Waals surface area (Å²) in [4.78, 5) is 8.08. The van der Waals surface area contributed by atoms with Gasteiger partial charge in [0.2, 0.25) is 0 Å². The summed E-state index contributed by atoms with van der Waals surface area (Å²) in [7, 11) is 1.62. The first-order chi connectivity index (χ1) is 8.96. The van der Waals surface area contributed by atoms with Gasteiger partial charge in [-0.05, 0) is 19.0 Å². The van der Waals surface area contributed by atoms with Crippen LogP contribution in [0.15, 0.2) is 18.5 Å². The van der Waals surface area contributed by atoms with Crippen LogP contribution in [-0.4, -0.2) is 33.8 Å². The van der Waals surface area contributed by atoms with Crippen molar-refractivity contribution in [1.29, 1.82) is 0 Å². The fourth-order valence-electron chi connectivity index (χ4n) is 2.73. The molecule has 0 aliphatic carbocycles. The second-order valence-electron chi connectivity index (χ2n) is 4.87. The molecule has 1 unspecified atom stereocenters. The van der Waals surface area contributed by atoms with Gasteiger partial charge < -0.3 is 9.88 Å². The normalized spacial score (nSPS) is 24.2. The van der Waals surface area contributed by atoms with Crippen molar-refractivity contribution < 1.29 is 13.2 Å². The van der Waals surface area contributed by atoms with Crippen LogP contribution in [0.4, 0.5) is 13.2 Å². The zero-order valence-corrected chi connectivity index (χ0v) is 10.3. The van der Waals surface area contributed by atoms with E-state index in [0.717, 1.165) is 0 Å². The van der Waals surface area contributed by atoms with Crippen LogP contribution in [0.3, 0.4) is 0 Å². The highest BCUT2D eigenvalue weighted by Gasteiger charge is 2.59. The molecule has 1 N–H and O–H groups in total. The van der Waals surface area contributed by atoms with Gasteiger partial charge in [-0.3, -0.25) is 4.98 Å². The highest BCUT2D eigenvalue weighted by molar-refractivity contribution is 5.75. The number of nitrogens with one attached hydrogen (secondary N) is 1. The van der Waals surface area contributed by atoms with Gasteiger partial charge >= 0.3 is 6.18 Å². The van der Waals surface area contributed by atoms with Crippen molar-refractivity contribution in [3.05, 3.63) is 24.3 Å². The zero-order valence-electron chi connectivity index (χ0n) is 10.3. The molecule has 0 spiro atoms. The SMILES string of the molecule is Cn1c(C2(C(F)(F)F)CCNC2)nc2cnccc21. The molecule has 1 atom stereocenters. The number of hydrogen-bond donors (Lipinski definition) is 1. The van der Waals surface area contributed by atoms with Crippen LogP contribution in [0.2, 0.25) is 0 Å². The van der Waals surface area contributed by atoms with Gasteiger partial charge in [0, 0.05) is 19.8 Å². The van der Waals surface area contributed by atoms with Gasteiger partial charge in [-0.2, -0.15) is 13.2 Å². The van der Waals surface area contributed by atoms with Gasteiger partial charge in [0.25, 0.3) is 0 Å². The van der Waals surface area contributed by atoms with Gasteiger partial charge in [0.05, 0.1) is 11.7 Å². The lowest BCUT2D eigenvalue weighted by Gasteiger charge is -2.30. The Morgan fingerprint density at radius 3 is 2.79 bits per heavy atom. The summed E-state index contributed by atoms with van der Waals surface area (Å²) in [6.07, 6.45) is -1.26. The lowest BCUT2D eigenvalue weighted by Crippen LogP contribution is -2.46. The smallest absolute Gasteiger partial charge is 0.330 e. The summed E-state index contributed by atoms with van der Waals surface area (Å²) < 4.78 is 42.0. The summed E-state index contributed by atoms with van der Waals surface area (Å²) in [6.45, 7) is 0.224. The predicted molar refractivity (Wildman–Crippen MR) is 63.7 cm³/mol. The third-order valence-electron chi connectivity index (χ3n) is 3.81. The van der Waals surface area contributed by atoms with E-state index in [2.05, 4.69) is 15.3 Å². The summed E-state index contributed by atoms with van der Waals surface area (Å²) in [5.74, 6) is 0.0630. The van der Waals surface area contributed by atoms with Gasteiger partial charge in [-0.1, -0.05) is 0 Å². The molecule has 1 saturated heterocycles. The molecule has 3 heterocycles. The predicted octanol–water partition coefficient (Wildman–Crippen LogP) is 1.76. The third-order valence-corrected chi connectivity index (χ3v) is 3.81. The average molecular weight is 270 g/mol. The molecule has 19 heavy (non-hydrogen) atoms. The topological polar surface area (TPSA) is 42.7 Å². The number of imidazole rings is 1. The monoisotopic (exact) mass is 270 g/mol. The van der Waals surface area contributed by atoms with E-state index in [1.807, 2.05) is 0 Å². The molecule has 0 radical (unpaired) electrons. The molecule has 0 amide bonds. The minimum atomic E-state index is -4.32. The van der Waals surface area contributed by atoms with Crippen molar-refractivity contribution in [2.45, 2.75) is 18.0 Å². The summed E-state index contributed by atoms with van der Waals surface area (Å²) in [5, 5.41) is 2.80. The Balaban J connectivity index is 2.24. The van der Waals surface area contributed by atoms with Crippen molar-refractivity contribution in [3.63, 3.8) is 0 Å². The van der Waals surface area contributed by atoms with E-state index in [4.69, 9.17) is 0 Å². The zero-order chi connectivity index (χ0) is 13.7. The standard InChI is InChI=1S/C12H13F3N4/c1-19-9-2-4-16-6-8(9)18-10(19)11(12(13,14)15)3-5-17-7-11/h2,4,6,17H,3,5,7H2,1H3. The van der Waals surface area contributed by atoms with Crippen LogP contribution in [0.5, 0.6) is 0 Å². The number of fused-ring (bicyclic) bond motifs is 1. The van der Waals surface area contributed by atoms with Crippen molar-refractivity contribution >= 4 is 11.0 Å². The lowest BCUT2D eigenvalue weighted by molar-refractivity contribution is -0.187. The number of nitrogens with zero attached hydrogens (tertiary/aromatic N) is 3. The average Bonchev–Trinajstić information content (AvgIpc) is 2.95. The van der Waals surface area contributed by atoms with Crippen molar-refractivity contribution in [2.24, 2.45) is 7.05 Å². The summed E-state index contributed by atoms with van der Waals surface area (Å²) in [5.41, 5.74) is -0.739. The molecule has 0 bridgehead atoms. The van der Waals surface area contributed by atoms with Gasteiger partial charge in [-0.15, -0.1) is 0 Å². The first-order valence-corrected chi connectivity index (χ1v) is 6.00. The van der Waals surface area contributed by atoms with Gasteiger partial charge in [0.1, 0.15) is 16.8 Å². The van der Waals surface area contributed by atoms with Gasteiger partial charge in [0.15, 0.2) is 0 Å². The largest absolute Gasteiger partial charge is 0.402 e. The maximum absolute atomic E-state index is 13.5. The quantitative estimate of drug-likeness (QED) is 0.858. The second-order valence-corrected chi connectivity index (χ2v) is 4.87. The number of aryl methyl sites for hydroxylation is 1. The van der Waals surface area contributed by atoms with E-state index in [9.17, 15) is 13.2 Å². The number of hydrogen-bond acceptors (Lipinski definition) is 3. The molecule has 4 nitrogen and oxygen atoms in total. The minimum Gasteiger partial charge on any atom is -0.330 e. The highest BCUT2D eigenvalue weighted by Crippen LogP contribution is 2.45. The molecular weight excluding hydrogens is 257 g/mol. The number of halogens is 3. The van der Waals surface area contributed by atoms with E-state index in [0.29, 0.717) is 17.6 Å². The Hall–Kier alpha value is -1.63. The number of aromatic nitrogens is 3. The third kappa shape index (κ3) is 1.64. The van der Waals surface area contributed by atoms with Gasteiger partial charge in [-0.25, -0.2) is 4.98 Å². The lowest BCUT2D eigenvalue weighted by atomic mass is 9.85. The molecule has 2 aromatic heterocycles. The van der Waals surface area contributed by atoms with E-state index >= 15 is 0 Å². The van der Waals surface area contributed by atoms with E-state index in [1.54, 1.807) is 19.3 Å². The minimum absolute atomic E-state index is 0.0150. The first kappa shape index (κ1) is 12.4. The molecule has 1 aliphatic rings. The highest BCUT2D eigenvalue weighted by atomic mass is 19.4. The fourth-order valence-corrected chi connectivity index (χ4v) is 2.73. The van der Waals surface area contributed by atoms with E-state index in [-0.39, 0.29) is 18.8 Å². The van der Waals surface area contributed by atoms with Crippen LogP contribution in [-0.2, 0) is 12.5 Å². The molecule has 0 aromatic carbocycles. The Labute approximate surface area is 107 Å². The molecule has 7 heteroatoms. The Bertz CT molecular complexity index is 611. The Kier molecular flexibility index (Phi) is 2.57. The van der Waals surface area contributed by atoms with Crippen LogP contribution in [0.1, 0.15) is 12.2 Å². The molecule has 0 saturated carbocycles.